The van der Waals surface area contributed by atoms with Crippen molar-refractivity contribution < 1.29 is 14.7 Å². The summed E-state index contributed by atoms with van der Waals surface area (Å²) in [4.78, 5) is 37.6. The number of halogens is 1. The Hall–Kier alpha value is -3.66. The van der Waals surface area contributed by atoms with Crippen molar-refractivity contribution in [3.8, 4) is 5.69 Å². The van der Waals surface area contributed by atoms with Crippen LogP contribution in [0.15, 0.2) is 49.1 Å². The van der Waals surface area contributed by atoms with Gasteiger partial charge in [-0.05, 0) is 37.3 Å². The minimum absolute atomic E-state index is 0.0948. The molecule has 31 heavy (non-hydrogen) atoms. The van der Waals surface area contributed by atoms with Gasteiger partial charge < -0.3 is 20.3 Å². The number of aromatic nitrogens is 4. The molecule has 0 bridgehead atoms. The molecule has 11 heteroatoms. The second-order valence-electron chi connectivity index (χ2n) is 7.14. The van der Waals surface area contributed by atoms with Crippen molar-refractivity contribution in [1.29, 1.82) is 0 Å². The van der Waals surface area contributed by atoms with Gasteiger partial charge in [-0.2, -0.15) is 4.98 Å². The van der Waals surface area contributed by atoms with Crippen LogP contribution < -0.4 is 15.5 Å². The van der Waals surface area contributed by atoms with Crippen LogP contribution in [0.3, 0.4) is 0 Å². The molecule has 0 unspecified atom stereocenters. The molecule has 0 spiro atoms. The molecule has 1 aliphatic rings. The summed E-state index contributed by atoms with van der Waals surface area (Å²) in [5, 5.41) is 15.1. The molecule has 1 saturated heterocycles. The average Bonchev–Trinajstić information content (AvgIpc) is 3.35. The number of carbonyl (C=O) groups excluding carboxylic acids is 1. The molecule has 3 heterocycles. The molecule has 10 nitrogen and oxygen atoms in total. The monoisotopic (exact) mass is 441 g/mol. The van der Waals surface area contributed by atoms with Gasteiger partial charge in [-0.15, -0.1) is 0 Å². The van der Waals surface area contributed by atoms with E-state index in [4.69, 9.17) is 16.7 Å². The average molecular weight is 442 g/mol. The Morgan fingerprint density at radius 3 is 2.77 bits per heavy atom. The van der Waals surface area contributed by atoms with Crippen LogP contribution in [0, 0.1) is 0 Å². The normalized spacial score (nSPS) is 16.9. The number of hydrogen-bond acceptors (Lipinski definition) is 6. The number of nitrogens with zero attached hydrogens (tertiary/aromatic N) is 5. The van der Waals surface area contributed by atoms with E-state index in [1.165, 1.54) is 4.90 Å². The predicted molar refractivity (Wildman–Crippen MR) is 115 cm³/mol. The van der Waals surface area contributed by atoms with Crippen molar-refractivity contribution >= 4 is 35.4 Å². The van der Waals surface area contributed by atoms with Crippen molar-refractivity contribution in [3.05, 3.63) is 59.8 Å². The Labute approximate surface area is 182 Å². The van der Waals surface area contributed by atoms with Gasteiger partial charge in [-0.3, -0.25) is 9.69 Å². The summed E-state index contributed by atoms with van der Waals surface area (Å²) in [6.45, 7) is 2.15. The molecule has 0 saturated carbocycles. The number of imidazole rings is 1. The molecule has 1 aromatic carbocycles. The fourth-order valence-electron chi connectivity index (χ4n) is 3.35. The molecule has 160 valence electrons. The zero-order valence-electron chi connectivity index (χ0n) is 16.6. The summed E-state index contributed by atoms with van der Waals surface area (Å²) >= 11 is 5.94. The Balaban J connectivity index is 1.45. The number of amides is 2. The largest absolute Gasteiger partial charge is 0.465 e. The van der Waals surface area contributed by atoms with Crippen LogP contribution in [0.5, 0.6) is 0 Å². The van der Waals surface area contributed by atoms with Crippen molar-refractivity contribution in [1.82, 2.24) is 24.8 Å². The van der Waals surface area contributed by atoms with Crippen LogP contribution in [0.4, 0.5) is 16.6 Å². The number of rotatable bonds is 6. The molecule has 0 aliphatic carbocycles. The van der Waals surface area contributed by atoms with E-state index in [0.29, 0.717) is 16.8 Å². The maximum atomic E-state index is 12.3. The maximum absolute atomic E-state index is 12.3. The standard InChI is InChI=1S/C20H20ClN7O3/c1-12(16-10-27(11-23-16)15-4-2-13(21)3-5-15)24-19-22-7-6-17(26-19)28-9-14(8-18(28)29)25-20(30)31/h2-7,10-12,14,25H,8-9H2,1H3,(H,30,31)(H,22,24,26)/t12-,14+/m0/s1. The highest BCUT2D eigenvalue weighted by Crippen LogP contribution is 2.22. The third-order valence-electron chi connectivity index (χ3n) is 4.89. The highest BCUT2D eigenvalue weighted by atomic mass is 35.5. The zero-order valence-corrected chi connectivity index (χ0v) is 17.3. The Morgan fingerprint density at radius 2 is 2.03 bits per heavy atom. The van der Waals surface area contributed by atoms with E-state index in [0.717, 1.165) is 11.4 Å². The van der Waals surface area contributed by atoms with Gasteiger partial charge >= 0.3 is 6.09 Å². The third kappa shape index (κ3) is 4.75. The zero-order chi connectivity index (χ0) is 22.0. The first-order valence-corrected chi connectivity index (χ1v) is 9.96. The van der Waals surface area contributed by atoms with Gasteiger partial charge in [0.2, 0.25) is 11.9 Å². The van der Waals surface area contributed by atoms with E-state index in [-0.39, 0.29) is 24.9 Å². The highest BCUT2D eigenvalue weighted by Gasteiger charge is 2.32. The topological polar surface area (TPSA) is 125 Å². The first kappa shape index (κ1) is 20.6. The Bertz CT molecular complexity index is 1100. The lowest BCUT2D eigenvalue weighted by Gasteiger charge is -2.17. The van der Waals surface area contributed by atoms with Gasteiger partial charge in [-0.1, -0.05) is 11.6 Å². The van der Waals surface area contributed by atoms with E-state index >= 15 is 0 Å². The molecule has 2 amide bonds. The molecule has 3 aromatic rings. The number of nitrogens with one attached hydrogen (secondary N) is 2. The molecule has 1 aliphatic heterocycles. The summed E-state index contributed by atoms with van der Waals surface area (Å²) in [5.41, 5.74) is 1.72. The molecule has 2 aromatic heterocycles. The van der Waals surface area contributed by atoms with E-state index in [2.05, 4.69) is 25.6 Å². The number of anilines is 2. The lowest BCUT2D eigenvalue weighted by atomic mass is 10.2. The summed E-state index contributed by atoms with van der Waals surface area (Å²) in [7, 11) is 0. The SMILES string of the molecule is C[C@H](Nc1nccc(N2C[C@H](NC(=O)O)CC2=O)n1)c1cn(-c2ccc(Cl)cc2)cn1. The summed E-state index contributed by atoms with van der Waals surface area (Å²) in [6.07, 6.45) is 4.10. The first-order valence-electron chi connectivity index (χ1n) is 9.58. The minimum Gasteiger partial charge on any atom is -0.465 e. The predicted octanol–water partition coefficient (Wildman–Crippen LogP) is 2.86. The van der Waals surface area contributed by atoms with Crippen molar-refractivity contribution in [2.75, 3.05) is 16.8 Å². The van der Waals surface area contributed by atoms with Crippen LogP contribution in [-0.2, 0) is 4.79 Å². The van der Waals surface area contributed by atoms with Crippen molar-refractivity contribution in [2.45, 2.75) is 25.4 Å². The van der Waals surface area contributed by atoms with Gasteiger partial charge in [0.25, 0.3) is 0 Å². The summed E-state index contributed by atoms with van der Waals surface area (Å²) in [6, 6.07) is 8.38. The number of benzene rings is 1. The lowest BCUT2D eigenvalue weighted by Crippen LogP contribution is -2.36. The van der Waals surface area contributed by atoms with E-state index in [9.17, 15) is 9.59 Å². The Morgan fingerprint density at radius 1 is 1.26 bits per heavy atom. The molecular weight excluding hydrogens is 422 g/mol. The van der Waals surface area contributed by atoms with Crippen LogP contribution in [0.25, 0.3) is 5.69 Å². The summed E-state index contributed by atoms with van der Waals surface area (Å²) < 4.78 is 1.89. The second kappa shape index (κ2) is 8.60. The molecule has 2 atom stereocenters. The van der Waals surface area contributed by atoms with Gasteiger partial charge in [0.1, 0.15) is 5.82 Å². The fraction of sp³-hybridized carbons (Fsp3) is 0.250. The van der Waals surface area contributed by atoms with Crippen LogP contribution in [-0.4, -0.2) is 49.2 Å². The van der Waals surface area contributed by atoms with E-state index in [1.807, 2.05) is 42.0 Å². The van der Waals surface area contributed by atoms with Gasteiger partial charge in [0.15, 0.2) is 0 Å². The molecule has 4 rings (SSSR count). The molecule has 0 radical (unpaired) electrons. The van der Waals surface area contributed by atoms with Crippen molar-refractivity contribution in [2.24, 2.45) is 0 Å². The Kier molecular flexibility index (Phi) is 5.72. The number of carboxylic acid groups (broad SMARTS) is 1. The smallest absolute Gasteiger partial charge is 0.404 e. The quantitative estimate of drug-likeness (QED) is 0.537. The van der Waals surface area contributed by atoms with Crippen molar-refractivity contribution in [3.63, 3.8) is 0 Å². The van der Waals surface area contributed by atoms with Crippen LogP contribution in [0.2, 0.25) is 5.02 Å². The molecule has 1 fully saturated rings. The third-order valence-corrected chi connectivity index (χ3v) is 5.14. The number of hydrogen-bond donors (Lipinski definition) is 3. The first-order chi connectivity index (χ1) is 14.9. The van der Waals surface area contributed by atoms with E-state index in [1.54, 1.807) is 18.6 Å². The molecule has 3 N–H and O–H groups in total. The van der Waals surface area contributed by atoms with E-state index < -0.39 is 12.1 Å². The maximum Gasteiger partial charge on any atom is 0.404 e. The van der Waals surface area contributed by atoms with Crippen LogP contribution in [0.1, 0.15) is 25.1 Å². The highest BCUT2D eigenvalue weighted by molar-refractivity contribution is 6.30. The second-order valence-corrected chi connectivity index (χ2v) is 7.58. The summed E-state index contributed by atoms with van der Waals surface area (Å²) in [5.74, 6) is 0.558. The lowest BCUT2D eigenvalue weighted by molar-refractivity contribution is -0.117. The van der Waals surface area contributed by atoms with Crippen LogP contribution >= 0.6 is 11.6 Å². The van der Waals surface area contributed by atoms with Gasteiger partial charge in [0, 0.05) is 36.1 Å². The molecular formula is C20H20ClN7O3. The van der Waals surface area contributed by atoms with Gasteiger partial charge in [0.05, 0.1) is 24.1 Å². The number of carbonyl (C=O) groups is 2. The minimum atomic E-state index is -1.16. The fourth-order valence-corrected chi connectivity index (χ4v) is 3.48. The van der Waals surface area contributed by atoms with Gasteiger partial charge in [-0.25, -0.2) is 14.8 Å².